The summed E-state index contributed by atoms with van der Waals surface area (Å²) in [5.41, 5.74) is 1.47. The molecule has 0 spiro atoms. The van der Waals surface area contributed by atoms with Gasteiger partial charge in [0.05, 0.1) is 5.69 Å². The van der Waals surface area contributed by atoms with Crippen LogP contribution >= 0.6 is 22.9 Å². The molecular weight excluding hydrogens is 311 g/mol. The standard InChI is InChI=1S/C12H7FN6S2/c1-6-9(21-18-14-6)11-17-19-10(15-16-12(19)20-11)7-3-2-4-8(13)5-7/h2-5H,1H3. The molecule has 0 bridgehead atoms. The lowest BCUT2D eigenvalue weighted by molar-refractivity contribution is 0.628. The highest BCUT2D eigenvalue weighted by atomic mass is 32.1. The number of benzene rings is 1. The molecule has 0 fully saturated rings. The third kappa shape index (κ3) is 2.01. The summed E-state index contributed by atoms with van der Waals surface area (Å²) in [6.07, 6.45) is 0. The van der Waals surface area contributed by atoms with E-state index in [9.17, 15) is 4.39 Å². The van der Waals surface area contributed by atoms with Crippen LogP contribution in [0.3, 0.4) is 0 Å². The minimum absolute atomic E-state index is 0.317. The lowest BCUT2D eigenvalue weighted by Gasteiger charge is -1.96. The summed E-state index contributed by atoms with van der Waals surface area (Å²) in [4.78, 5) is 1.56. The molecule has 0 unspecified atom stereocenters. The van der Waals surface area contributed by atoms with E-state index in [0.29, 0.717) is 16.3 Å². The quantitative estimate of drug-likeness (QED) is 0.568. The normalized spacial score (nSPS) is 11.3. The first-order valence-electron chi connectivity index (χ1n) is 6.00. The predicted molar refractivity (Wildman–Crippen MR) is 77.7 cm³/mol. The Morgan fingerprint density at radius 3 is 2.86 bits per heavy atom. The van der Waals surface area contributed by atoms with Crippen LogP contribution in [0.5, 0.6) is 0 Å². The van der Waals surface area contributed by atoms with Gasteiger partial charge in [0.25, 0.3) is 0 Å². The van der Waals surface area contributed by atoms with Crippen LogP contribution in [0.25, 0.3) is 26.2 Å². The molecule has 1 aromatic carbocycles. The van der Waals surface area contributed by atoms with Gasteiger partial charge in [-0.2, -0.15) is 9.61 Å². The van der Waals surface area contributed by atoms with Crippen LogP contribution < -0.4 is 0 Å². The molecule has 0 aliphatic rings. The molecule has 0 radical (unpaired) electrons. The van der Waals surface area contributed by atoms with E-state index in [2.05, 4.69) is 24.9 Å². The van der Waals surface area contributed by atoms with E-state index in [0.717, 1.165) is 15.6 Å². The van der Waals surface area contributed by atoms with Crippen molar-refractivity contribution in [2.45, 2.75) is 6.92 Å². The van der Waals surface area contributed by atoms with Gasteiger partial charge in [0.2, 0.25) is 4.96 Å². The minimum atomic E-state index is -0.317. The number of fused-ring (bicyclic) bond motifs is 1. The van der Waals surface area contributed by atoms with Crippen LogP contribution in [0.4, 0.5) is 4.39 Å². The number of aromatic nitrogens is 6. The smallest absolute Gasteiger partial charge is 0.207 e. The van der Waals surface area contributed by atoms with Crippen LogP contribution in [0, 0.1) is 12.7 Å². The summed E-state index contributed by atoms with van der Waals surface area (Å²) in [6.45, 7) is 1.88. The molecule has 104 valence electrons. The average Bonchev–Trinajstić information content (AvgIpc) is 3.12. The van der Waals surface area contributed by atoms with Gasteiger partial charge in [-0.25, -0.2) is 4.39 Å². The van der Waals surface area contributed by atoms with Gasteiger partial charge >= 0.3 is 0 Å². The predicted octanol–water partition coefficient (Wildman–Crippen LogP) is 2.82. The van der Waals surface area contributed by atoms with Gasteiger partial charge < -0.3 is 0 Å². The third-order valence-corrected chi connectivity index (χ3v) is 4.80. The van der Waals surface area contributed by atoms with Crippen molar-refractivity contribution < 1.29 is 4.39 Å². The number of rotatable bonds is 2. The first-order chi connectivity index (χ1) is 10.2. The number of aryl methyl sites for hydroxylation is 1. The largest absolute Gasteiger partial charge is 0.235 e. The summed E-state index contributed by atoms with van der Waals surface area (Å²) < 4.78 is 18.9. The van der Waals surface area contributed by atoms with Gasteiger partial charge in [-0.3, -0.25) is 0 Å². The molecule has 4 aromatic rings. The number of halogens is 1. The van der Waals surface area contributed by atoms with E-state index < -0.39 is 0 Å². The van der Waals surface area contributed by atoms with Gasteiger partial charge in [0.1, 0.15) is 10.7 Å². The molecule has 0 aliphatic heterocycles. The molecular formula is C12H7FN6S2. The summed E-state index contributed by atoms with van der Waals surface area (Å²) in [7, 11) is 0. The Kier molecular flexibility index (Phi) is 2.76. The highest BCUT2D eigenvalue weighted by Gasteiger charge is 2.17. The number of hydrogen-bond acceptors (Lipinski definition) is 7. The fraction of sp³-hybridized carbons (Fsp3) is 0.0833. The summed E-state index contributed by atoms with van der Waals surface area (Å²) >= 11 is 2.69. The molecule has 4 rings (SSSR count). The van der Waals surface area contributed by atoms with Crippen LogP contribution in [-0.4, -0.2) is 29.4 Å². The van der Waals surface area contributed by atoms with Crippen molar-refractivity contribution in [3.05, 3.63) is 35.8 Å². The fourth-order valence-electron chi connectivity index (χ4n) is 1.94. The molecule has 6 nitrogen and oxygen atoms in total. The maximum atomic E-state index is 13.4. The zero-order chi connectivity index (χ0) is 14.4. The van der Waals surface area contributed by atoms with Gasteiger partial charge in [0.15, 0.2) is 10.8 Å². The Morgan fingerprint density at radius 2 is 2.10 bits per heavy atom. The Balaban J connectivity index is 1.89. The molecule has 0 amide bonds. The van der Waals surface area contributed by atoms with Crippen LogP contribution in [0.15, 0.2) is 24.3 Å². The van der Waals surface area contributed by atoms with Gasteiger partial charge in [0, 0.05) is 5.56 Å². The number of nitrogens with zero attached hydrogens (tertiary/aromatic N) is 6. The molecule has 9 heteroatoms. The monoisotopic (exact) mass is 318 g/mol. The Labute approximate surface area is 126 Å². The second-order valence-corrected chi connectivity index (χ2v) is 6.03. The first kappa shape index (κ1) is 12.5. The Hall–Kier alpha value is -2.26. The summed E-state index contributed by atoms with van der Waals surface area (Å²) in [6, 6.07) is 6.21. The van der Waals surface area contributed by atoms with Crippen molar-refractivity contribution in [1.82, 2.24) is 29.4 Å². The van der Waals surface area contributed by atoms with Crippen molar-refractivity contribution in [1.29, 1.82) is 0 Å². The fourth-order valence-corrected chi connectivity index (χ4v) is 3.55. The third-order valence-electron chi connectivity index (χ3n) is 2.92. The highest BCUT2D eigenvalue weighted by molar-refractivity contribution is 7.23. The van der Waals surface area contributed by atoms with E-state index in [1.165, 1.54) is 35.0 Å². The average molecular weight is 318 g/mol. The first-order valence-corrected chi connectivity index (χ1v) is 7.59. The van der Waals surface area contributed by atoms with Crippen molar-refractivity contribution in [3.8, 4) is 21.3 Å². The van der Waals surface area contributed by atoms with E-state index in [1.54, 1.807) is 16.6 Å². The SMILES string of the molecule is Cc1nnsc1-c1nn2c(-c3cccc(F)c3)nnc2s1. The topological polar surface area (TPSA) is 68.9 Å². The lowest BCUT2D eigenvalue weighted by Crippen LogP contribution is -1.91. The van der Waals surface area contributed by atoms with E-state index in [4.69, 9.17) is 0 Å². The van der Waals surface area contributed by atoms with Crippen molar-refractivity contribution in [2.75, 3.05) is 0 Å². The maximum absolute atomic E-state index is 13.4. The molecule has 0 atom stereocenters. The zero-order valence-corrected chi connectivity index (χ0v) is 12.3. The molecule has 0 saturated carbocycles. The molecule has 0 aliphatic carbocycles. The maximum Gasteiger partial charge on any atom is 0.235 e. The van der Waals surface area contributed by atoms with Gasteiger partial charge in [-0.05, 0) is 30.6 Å². The van der Waals surface area contributed by atoms with Crippen molar-refractivity contribution >= 4 is 27.8 Å². The van der Waals surface area contributed by atoms with Crippen molar-refractivity contribution in [2.24, 2.45) is 0 Å². The van der Waals surface area contributed by atoms with Crippen LogP contribution in [-0.2, 0) is 0 Å². The zero-order valence-electron chi connectivity index (χ0n) is 10.7. The van der Waals surface area contributed by atoms with Gasteiger partial charge in [-0.15, -0.1) is 15.3 Å². The van der Waals surface area contributed by atoms with Crippen LogP contribution in [0.1, 0.15) is 5.69 Å². The summed E-state index contributed by atoms with van der Waals surface area (Å²) in [5.74, 6) is 0.198. The molecule has 3 heterocycles. The van der Waals surface area contributed by atoms with E-state index in [-0.39, 0.29) is 5.82 Å². The number of hydrogen-bond donors (Lipinski definition) is 0. The van der Waals surface area contributed by atoms with Crippen molar-refractivity contribution in [3.63, 3.8) is 0 Å². The molecule has 0 saturated heterocycles. The van der Waals surface area contributed by atoms with Crippen LogP contribution in [0.2, 0.25) is 0 Å². The second-order valence-electron chi connectivity index (χ2n) is 4.32. The van der Waals surface area contributed by atoms with E-state index >= 15 is 0 Å². The summed E-state index contributed by atoms with van der Waals surface area (Å²) in [5, 5.41) is 17.4. The Bertz CT molecular complexity index is 940. The minimum Gasteiger partial charge on any atom is -0.207 e. The van der Waals surface area contributed by atoms with Gasteiger partial charge in [-0.1, -0.05) is 28.0 Å². The molecule has 21 heavy (non-hydrogen) atoms. The molecule has 0 N–H and O–H groups in total. The molecule has 3 aromatic heterocycles. The second kappa shape index (κ2) is 4.64. The Morgan fingerprint density at radius 1 is 1.19 bits per heavy atom. The lowest BCUT2D eigenvalue weighted by atomic mass is 10.2. The van der Waals surface area contributed by atoms with E-state index in [1.807, 2.05) is 6.92 Å². The highest BCUT2D eigenvalue weighted by Crippen LogP contribution is 2.31.